The lowest BCUT2D eigenvalue weighted by atomic mass is 10.2. The van der Waals surface area contributed by atoms with Crippen molar-refractivity contribution in [3.63, 3.8) is 0 Å². The average Bonchev–Trinajstić information content (AvgIpc) is 2.79. The number of unbranched alkanes of at least 4 members (excludes halogenated alkanes) is 1. The van der Waals surface area contributed by atoms with Gasteiger partial charge in [-0.3, -0.25) is 4.68 Å². The van der Waals surface area contributed by atoms with E-state index in [-0.39, 0.29) is 0 Å². The highest BCUT2D eigenvalue weighted by molar-refractivity contribution is 4.64. The molecule has 0 amide bonds. The van der Waals surface area contributed by atoms with Crippen molar-refractivity contribution in [3.8, 4) is 0 Å². The minimum Gasteiger partial charge on any atom is -0.385 e. The molecule has 1 aromatic heterocycles. The third kappa shape index (κ3) is 5.82. The molecular formula is C11H22N4O. The molecule has 0 saturated carbocycles. The Morgan fingerprint density at radius 2 is 2.31 bits per heavy atom. The second-order valence-electron chi connectivity index (χ2n) is 4.01. The van der Waals surface area contributed by atoms with E-state index in [0.717, 1.165) is 39.0 Å². The average molecular weight is 226 g/mol. The van der Waals surface area contributed by atoms with Crippen molar-refractivity contribution in [2.75, 3.05) is 20.3 Å². The summed E-state index contributed by atoms with van der Waals surface area (Å²) in [5.41, 5.74) is 0. The molecule has 5 heteroatoms. The first-order valence-electron chi connectivity index (χ1n) is 5.89. The van der Waals surface area contributed by atoms with Gasteiger partial charge in [-0.15, -0.1) is 5.10 Å². The molecule has 0 fully saturated rings. The minimum atomic E-state index is 0.534. The zero-order valence-corrected chi connectivity index (χ0v) is 10.2. The summed E-state index contributed by atoms with van der Waals surface area (Å²) in [4.78, 5) is 0. The number of aryl methyl sites for hydroxylation is 1. The molecule has 1 N–H and O–H groups in total. The van der Waals surface area contributed by atoms with Crippen LogP contribution in [0.1, 0.15) is 26.2 Å². The van der Waals surface area contributed by atoms with Crippen LogP contribution >= 0.6 is 0 Å². The van der Waals surface area contributed by atoms with Gasteiger partial charge in [0.25, 0.3) is 0 Å². The topological polar surface area (TPSA) is 52.0 Å². The maximum atomic E-state index is 5.03. The number of nitrogens with zero attached hydrogens (tertiary/aromatic N) is 3. The van der Waals surface area contributed by atoms with Gasteiger partial charge in [-0.1, -0.05) is 5.21 Å². The Hall–Kier alpha value is -0.940. The molecule has 5 nitrogen and oxygen atoms in total. The molecule has 0 aromatic carbocycles. The van der Waals surface area contributed by atoms with Crippen LogP contribution < -0.4 is 5.32 Å². The third-order valence-corrected chi connectivity index (χ3v) is 2.53. The van der Waals surface area contributed by atoms with Crippen LogP contribution in [0.5, 0.6) is 0 Å². The van der Waals surface area contributed by atoms with Crippen LogP contribution in [0.15, 0.2) is 12.4 Å². The van der Waals surface area contributed by atoms with E-state index < -0.39 is 0 Å². The molecule has 92 valence electrons. The number of methoxy groups -OCH3 is 1. The zero-order valence-electron chi connectivity index (χ0n) is 10.2. The van der Waals surface area contributed by atoms with Gasteiger partial charge in [0, 0.05) is 32.5 Å². The minimum absolute atomic E-state index is 0.534. The smallest absolute Gasteiger partial charge is 0.0692 e. The lowest BCUT2D eigenvalue weighted by Crippen LogP contribution is -2.28. The molecule has 0 radical (unpaired) electrons. The lowest BCUT2D eigenvalue weighted by Gasteiger charge is -2.12. The molecule has 0 aliphatic rings. The molecule has 1 aromatic rings. The molecule has 1 unspecified atom stereocenters. The Labute approximate surface area is 97.2 Å². The first-order chi connectivity index (χ1) is 7.83. The lowest BCUT2D eigenvalue weighted by molar-refractivity contribution is 0.185. The summed E-state index contributed by atoms with van der Waals surface area (Å²) in [6, 6.07) is 0.534. The predicted octanol–water partition coefficient (Wildman–Crippen LogP) is 1.07. The van der Waals surface area contributed by atoms with Crippen molar-refractivity contribution in [2.24, 2.45) is 0 Å². The summed E-state index contributed by atoms with van der Waals surface area (Å²) in [6.45, 7) is 5.03. The van der Waals surface area contributed by atoms with Crippen molar-refractivity contribution in [3.05, 3.63) is 12.4 Å². The number of ether oxygens (including phenoxy) is 1. The van der Waals surface area contributed by atoms with Gasteiger partial charge in [-0.25, -0.2) is 0 Å². The number of aromatic nitrogens is 3. The summed E-state index contributed by atoms with van der Waals surface area (Å²) in [6.07, 6.45) is 6.98. The van der Waals surface area contributed by atoms with Gasteiger partial charge in [0.05, 0.1) is 6.20 Å². The molecule has 0 spiro atoms. The second-order valence-corrected chi connectivity index (χ2v) is 4.01. The molecule has 0 aliphatic carbocycles. The zero-order chi connectivity index (χ0) is 11.6. The molecule has 0 saturated heterocycles. The highest BCUT2D eigenvalue weighted by Crippen LogP contribution is 1.95. The summed E-state index contributed by atoms with van der Waals surface area (Å²) in [5.74, 6) is 0. The fourth-order valence-corrected chi connectivity index (χ4v) is 1.50. The van der Waals surface area contributed by atoms with E-state index in [4.69, 9.17) is 4.74 Å². The molecule has 0 aliphatic heterocycles. The highest BCUT2D eigenvalue weighted by Gasteiger charge is 1.99. The Bertz CT molecular complexity index is 250. The van der Waals surface area contributed by atoms with Gasteiger partial charge >= 0.3 is 0 Å². The van der Waals surface area contributed by atoms with E-state index in [2.05, 4.69) is 22.6 Å². The first kappa shape index (κ1) is 13.1. The Morgan fingerprint density at radius 3 is 3.00 bits per heavy atom. The molecular weight excluding hydrogens is 204 g/mol. The highest BCUT2D eigenvalue weighted by atomic mass is 16.5. The van der Waals surface area contributed by atoms with Crippen molar-refractivity contribution in [2.45, 2.75) is 38.8 Å². The van der Waals surface area contributed by atoms with Crippen LogP contribution in [0.2, 0.25) is 0 Å². The monoisotopic (exact) mass is 226 g/mol. The van der Waals surface area contributed by atoms with Crippen LogP contribution in [0.4, 0.5) is 0 Å². The Balaban J connectivity index is 1.91. The number of nitrogens with one attached hydrogen (secondary N) is 1. The molecule has 1 atom stereocenters. The summed E-state index contributed by atoms with van der Waals surface area (Å²) >= 11 is 0. The number of hydrogen-bond acceptors (Lipinski definition) is 4. The fraction of sp³-hybridized carbons (Fsp3) is 0.818. The van der Waals surface area contributed by atoms with Crippen LogP contribution in [-0.4, -0.2) is 41.3 Å². The second kappa shape index (κ2) is 8.24. The van der Waals surface area contributed by atoms with E-state index >= 15 is 0 Å². The van der Waals surface area contributed by atoms with Crippen LogP contribution in [0, 0.1) is 0 Å². The fourth-order valence-electron chi connectivity index (χ4n) is 1.50. The largest absolute Gasteiger partial charge is 0.385 e. The summed E-state index contributed by atoms with van der Waals surface area (Å²) in [7, 11) is 1.74. The number of hydrogen-bond donors (Lipinski definition) is 1. The van der Waals surface area contributed by atoms with E-state index in [1.165, 1.54) is 0 Å². The normalized spacial score (nSPS) is 12.9. The quantitative estimate of drug-likeness (QED) is 0.640. The molecule has 1 heterocycles. The van der Waals surface area contributed by atoms with Gasteiger partial charge < -0.3 is 10.1 Å². The van der Waals surface area contributed by atoms with Gasteiger partial charge in [0.15, 0.2) is 0 Å². The Kier molecular flexibility index (Phi) is 6.76. The van der Waals surface area contributed by atoms with Crippen LogP contribution in [0.3, 0.4) is 0 Å². The molecule has 1 rings (SSSR count). The van der Waals surface area contributed by atoms with E-state index in [0.29, 0.717) is 6.04 Å². The standard InChI is InChI=1S/C11H22N4O/c1-11(5-10-16-2)12-6-3-4-8-15-9-7-13-14-15/h7,9,11-12H,3-6,8,10H2,1-2H3. The predicted molar refractivity (Wildman–Crippen MR) is 63.2 cm³/mol. The van der Waals surface area contributed by atoms with Crippen molar-refractivity contribution < 1.29 is 4.74 Å². The van der Waals surface area contributed by atoms with Gasteiger partial charge in [-0.2, -0.15) is 0 Å². The van der Waals surface area contributed by atoms with Gasteiger partial charge in [-0.05, 0) is 32.7 Å². The molecule has 0 bridgehead atoms. The van der Waals surface area contributed by atoms with Crippen molar-refractivity contribution >= 4 is 0 Å². The summed E-state index contributed by atoms with van der Waals surface area (Å²) < 4.78 is 6.90. The summed E-state index contributed by atoms with van der Waals surface area (Å²) in [5, 5.41) is 11.2. The van der Waals surface area contributed by atoms with Crippen LogP contribution in [-0.2, 0) is 11.3 Å². The SMILES string of the molecule is COCCC(C)NCCCCn1ccnn1. The van der Waals surface area contributed by atoms with Crippen molar-refractivity contribution in [1.29, 1.82) is 0 Å². The van der Waals surface area contributed by atoms with Gasteiger partial charge in [0.1, 0.15) is 0 Å². The maximum absolute atomic E-state index is 5.03. The number of rotatable bonds is 9. The maximum Gasteiger partial charge on any atom is 0.0692 e. The third-order valence-electron chi connectivity index (χ3n) is 2.53. The van der Waals surface area contributed by atoms with Crippen molar-refractivity contribution in [1.82, 2.24) is 20.3 Å². The molecule has 16 heavy (non-hydrogen) atoms. The van der Waals surface area contributed by atoms with E-state index in [1.807, 2.05) is 10.9 Å². The first-order valence-corrected chi connectivity index (χ1v) is 5.89. The van der Waals surface area contributed by atoms with E-state index in [1.54, 1.807) is 13.3 Å². The van der Waals surface area contributed by atoms with E-state index in [9.17, 15) is 0 Å². The van der Waals surface area contributed by atoms with Gasteiger partial charge in [0.2, 0.25) is 0 Å². The van der Waals surface area contributed by atoms with Crippen LogP contribution in [0.25, 0.3) is 0 Å². The Morgan fingerprint density at radius 1 is 1.44 bits per heavy atom.